The molecule has 0 aromatic heterocycles. The second-order valence-electron chi connectivity index (χ2n) is 12.1. The van der Waals surface area contributed by atoms with E-state index < -0.39 is 10.8 Å². The van der Waals surface area contributed by atoms with Crippen LogP contribution in [0.3, 0.4) is 0 Å². The summed E-state index contributed by atoms with van der Waals surface area (Å²) in [4.78, 5) is 40.4. The third kappa shape index (κ3) is 3.56. The van der Waals surface area contributed by atoms with Crippen LogP contribution in [0.2, 0.25) is 0 Å². The van der Waals surface area contributed by atoms with Crippen LogP contribution in [-0.4, -0.2) is 31.1 Å². The Labute approximate surface area is 208 Å². The van der Waals surface area contributed by atoms with E-state index in [9.17, 15) is 14.4 Å². The molecule has 7 atom stereocenters. The van der Waals surface area contributed by atoms with Gasteiger partial charge in [0.05, 0.1) is 25.2 Å². The minimum Gasteiger partial charge on any atom is -0.500 e. The van der Waals surface area contributed by atoms with Gasteiger partial charge in [-0.05, 0) is 60.8 Å². The summed E-state index contributed by atoms with van der Waals surface area (Å²) < 4.78 is 11.9. The van der Waals surface area contributed by atoms with Crippen molar-refractivity contribution in [2.75, 3.05) is 7.11 Å². The van der Waals surface area contributed by atoms with Crippen LogP contribution in [0.5, 0.6) is 0 Å². The number of hydrogen-bond acceptors (Lipinski definition) is 5. The van der Waals surface area contributed by atoms with Crippen LogP contribution in [-0.2, 0) is 30.5 Å². The molecular weight excluding hydrogens is 440 g/mol. The number of aldehydes is 1. The molecule has 1 aromatic rings. The van der Waals surface area contributed by atoms with E-state index in [1.54, 1.807) is 13.2 Å². The van der Waals surface area contributed by atoms with E-state index in [0.717, 1.165) is 38.4 Å². The molecule has 0 unspecified atom stereocenters. The number of ether oxygens (including phenoxy) is 2. The predicted molar refractivity (Wildman–Crippen MR) is 132 cm³/mol. The molecule has 35 heavy (non-hydrogen) atoms. The van der Waals surface area contributed by atoms with Crippen LogP contribution in [0.1, 0.15) is 64.9 Å². The fraction of sp³-hybridized carbons (Fsp3) is 0.633. The number of carbonyl (C=O) groups is 3. The van der Waals surface area contributed by atoms with Gasteiger partial charge in [-0.3, -0.25) is 9.59 Å². The van der Waals surface area contributed by atoms with Crippen molar-refractivity contribution in [1.82, 2.24) is 0 Å². The number of Topliss-reactive ketones (excluding diaryl/α,β-unsaturated/α-hetero) is 1. The van der Waals surface area contributed by atoms with E-state index in [1.807, 2.05) is 32.0 Å². The number of carbonyl (C=O) groups excluding carboxylic acids is 3. The minimum absolute atomic E-state index is 0.168. The Morgan fingerprint density at radius 3 is 2.49 bits per heavy atom. The highest BCUT2D eigenvalue weighted by Gasteiger charge is 2.69. The fourth-order valence-electron chi connectivity index (χ4n) is 8.40. The molecule has 0 saturated heterocycles. The first kappa shape index (κ1) is 24.4. The Bertz CT molecular complexity index is 1040. The lowest BCUT2D eigenvalue weighted by Crippen LogP contribution is -2.65. The standard InChI is InChI=1S/C30H38O5/c1-28(2)24-15-23(32)27-22(30(24,18-31)25(33)16-26(28)34-4)11-10-20-14-21(12-13-29(20,27)3)35-17-19-8-6-5-7-9-19/h5-9,16,18,20-22,24,27H,10-15,17H2,1-4H3/t20-,21-,22+,24-,27+,29-,30-/m1/s1. The summed E-state index contributed by atoms with van der Waals surface area (Å²) in [6.45, 7) is 6.86. The molecule has 5 nitrogen and oxygen atoms in total. The molecule has 4 aliphatic carbocycles. The summed E-state index contributed by atoms with van der Waals surface area (Å²) in [7, 11) is 1.56. The summed E-state index contributed by atoms with van der Waals surface area (Å²) in [5.74, 6) is 0.140. The monoisotopic (exact) mass is 478 g/mol. The molecule has 0 heterocycles. The fourth-order valence-corrected chi connectivity index (χ4v) is 8.40. The van der Waals surface area contributed by atoms with Crippen LogP contribution < -0.4 is 0 Å². The van der Waals surface area contributed by atoms with E-state index in [2.05, 4.69) is 19.1 Å². The molecule has 188 valence electrons. The third-order valence-electron chi connectivity index (χ3n) is 10.3. The zero-order valence-corrected chi connectivity index (χ0v) is 21.4. The zero-order valence-electron chi connectivity index (χ0n) is 21.4. The summed E-state index contributed by atoms with van der Waals surface area (Å²) in [6.07, 6.45) is 7.27. The van der Waals surface area contributed by atoms with E-state index in [1.165, 1.54) is 5.56 Å². The average Bonchev–Trinajstić information content (AvgIpc) is 2.85. The molecule has 0 spiro atoms. The molecule has 3 saturated carbocycles. The lowest BCUT2D eigenvalue weighted by molar-refractivity contribution is -0.182. The molecule has 0 bridgehead atoms. The topological polar surface area (TPSA) is 69.7 Å². The van der Waals surface area contributed by atoms with Crippen molar-refractivity contribution in [3.05, 3.63) is 47.7 Å². The van der Waals surface area contributed by atoms with Gasteiger partial charge >= 0.3 is 0 Å². The Hall–Kier alpha value is -2.27. The Morgan fingerprint density at radius 1 is 1.06 bits per heavy atom. The highest BCUT2D eigenvalue weighted by Crippen LogP contribution is 2.66. The third-order valence-corrected chi connectivity index (χ3v) is 10.3. The minimum atomic E-state index is -1.14. The highest BCUT2D eigenvalue weighted by molar-refractivity contribution is 6.09. The summed E-state index contributed by atoms with van der Waals surface area (Å²) in [5.41, 5.74) is -0.722. The Kier molecular flexibility index (Phi) is 6.06. The largest absolute Gasteiger partial charge is 0.500 e. The van der Waals surface area contributed by atoms with Crippen molar-refractivity contribution in [2.24, 2.45) is 39.9 Å². The smallest absolute Gasteiger partial charge is 0.172 e. The van der Waals surface area contributed by atoms with E-state index >= 15 is 0 Å². The van der Waals surface area contributed by atoms with Crippen molar-refractivity contribution in [3.63, 3.8) is 0 Å². The zero-order chi connectivity index (χ0) is 25.0. The molecule has 0 radical (unpaired) electrons. The lowest BCUT2D eigenvalue weighted by Gasteiger charge is -2.62. The molecule has 5 rings (SSSR count). The molecular formula is C30H38O5. The van der Waals surface area contributed by atoms with Crippen LogP contribution in [0.4, 0.5) is 0 Å². The second-order valence-corrected chi connectivity index (χ2v) is 12.1. The van der Waals surface area contributed by atoms with Gasteiger partial charge < -0.3 is 14.3 Å². The van der Waals surface area contributed by atoms with E-state index in [-0.39, 0.29) is 47.3 Å². The summed E-state index contributed by atoms with van der Waals surface area (Å²) in [6, 6.07) is 10.2. The maximum absolute atomic E-state index is 13.9. The van der Waals surface area contributed by atoms with Crippen molar-refractivity contribution in [2.45, 2.75) is 72.0 Å². The molecule has 4 aliphatic rings. The summed E-state index contributed by atoms with van der Waals surface area (Å²) >= 11 is 0. The Balaban J connectivity index is 1.42. The van der Waals surface area contributed by atoms with E-state index in [4.69, 9.17) is 9.47 Å². The summed E-state index contributed by atoms with van der Waals surface area (Å²) in [5, 5.41) is 0. The molecule has 1 aromatic carbocycles. The first-order chi connectivity index (χ1) is 16.7. The molecule has 0 aliphatic heterocycles. The van der Waals surface area contributed by atoms with Gasteiger partial charge in [-0.15, -0.1) is 0 Å². The van der Waals surface area contributed by atoms with Crippen LogP contribution in [0.15, 0.2) is 42.2 Å². The number of fused-ring (bicyclic) bond motifs is 5. The normalized spacial score (nSPS) is 40.1. The maximum Gasteiger partial charge on any atom is 0.172 e. The van der Waals surface area contributed by atoms with Gasteiger partial charge in [0.1, 0.15) is 17.8 Å². The van der Waals surface area contributed by atoms with Gasteiger partial charge in [-0.1, -0.05) is 51.1 Å². The molecule has 5 heteroatoms. The van der Waals surface area contributed by atoms with Crippen LogP contribution in [0.25, 0.3) is 0 Å². The highest BCUT2D eigenvalue weighted by atomic mass is 16.5. The number of allylic oxidation sites excluding steroid dienone is 2. The number of methoxy groups -OCH3 is 1. The molecule has 0 amide bonds. The number of ketones is 2. The van der Waals surface area contributed by atoms with Gasteiger partial charge in [0.2, 0.25) is 0 Å². The quantitative estimate of drug-likeness (QED) is 0.423. The van der Waals surface area contributed by atoms with Crippen molar-refractivity contribution >= 4 is 17.9 Å². The second kappa shape index (κ2) is 8.69. The number of benzene rings is 1. The van der Waals surface area contributed by atoms with E-state index in [0.29, 0.717) is 18.3 Å². The van der Waals surface area contributed by atoms with Crippen LogP contribution >= 0.6 is 0 Å². The number of rotatable bonds is 5. The van der Waals surface area contributed by atoms with Crippen molar-refractivity contribution in [3.8, 4) is 0 Å². The first-order valence-corrected chi connectivity index (χ1v) is 13.1. The lowest BCUT2D eigenvalue weighted by atomic mass is 9.39. The maximum atomic E-state index is 13.9. The molecule has 0 N–H and O–H groups in total. The SMILES string of the molecule is COC1=CC(=O)[C@@]2(C=O)[C@H](CC(=O)[C@@H]3[C@@H]2CC[C@@H]2C[C@H](OCc4ccccc4)CC[C@]23C)C1(C)C. The Morgan fingerprint density at radius 2 is 1.80 bits per heavy atom. The van der Waals surface area contributed by atoms with Gasteiger partial charge in [-0.2, -0.15) is 0 Å². The average molecular weight is 479 g/mol. The van der Waals surface area contributed by atoms with Crippen molar-refractivity contribution < 1.29 is 23.9 Å². The van der Waals surface area contributed by atoms with Gasteiger partial charge in [-0.25, -0.2) is 0 Å². The van der Waals surface area contributed by atoms with Gasteiger partial charge in [0.25, 0.3) is 0 Å². The van der Waals surface area contributed by atoms with Crippen LogP contribution in [0, 0.1) is 39.9 Å². The number of hydrogen-bond donors (Lipinski definition) is 0. The first-order valence-electron chi connectivity index (χ1n) is 13.1. The van der Waals surface area contributed by atoms with Gasteiger partial charge in [0, 0.05) is 23.8 Å². The van der Waals surface area contributed by atoms with Crippen molar-refractivity contribution in [1.29, 1.82) is 0 Å². The predicted octanol–water partition coefficient (Wildman–Crippen LogP) is 5.32. The molecule has 3 fully saturated rings. The van der Waals surface area contributed by atoms with Gasteiger partial charge in [0.15, 0.2) is 5.78 Å².